The summed E-state index contributed by atoms with van der Waals surface area (Å²) >= 11 is 0. The zero-order valence-electron chi connectivity index (χ0n) is 7.78. The second kappa shape index (κ2) is 4.33. The molecule has 0 spiro atoms. The van der Waals surface area contributed by atoms with E-state index in [-0.39, 0.29) is 16.7 Å². The number of rotatable bonds is 2. The van der Waals surface area contributed by atoms with E-state index in [2.05, 4.69) is 4.74 Å². The molecule has 15 heavy (non-hydrogen) atoms. The van der Waals surface area contributed by atoms with Gasteiger partial charge in [-0.15, -0.1) is 0 Å². The molecule has 5 heteroatoms. The van der Waals surface area contributed by atoms with Crippen molar-refractivity contribution >= 4 is 12.3 Å². The first-order valence-electron chi connectivity index (χ1n) is 3.91. The summed E-state index contributed by atoms with van der Waals surface area (Å²) < 4.78 is 17.3. The lowest BCUT2D eigenvalue weighted by molar-refractivity contribution is 0.0600. The van der Waals surface area contributed by atoms with E-state index in [0.717, 1.165) is 19.2 Å². The van der Waals surface area contributed by atoms with Crippen LogP contribution in [0.2, 0.25) is 0 Å². The van der Waals surface area contributed by atoms with Gasteiger partial charge in [-0.25, -0.2) is 9.18 Å². The number of carbonyl (C=O) groups excluding carboxylic acids is 2. The van der Waals surface area contributed by atoms with Crippen LogP contribution in [0.5, 0.6) is 0 Å². The zero-order chi connectivity index (χ0) is 11.4. The summed E-state index contributed by atoms with van der Waals surface area (Å²) in [4.78, 5) is 21.7. The van der Waals surface area contributed by atoms with Crippen molar-refractivity contribution in [3.05, 3.63) is 34.6 Å². The zero-order valence-corrected chi connectivity index (χ0v) is 7.78. The van der Waals surface area contributed by atoms with Crippen LogP contribution in [0, 0.1) is 17.1 Å². The second-order valence-corrected chi connectivity index (χ2v) is 2.64. The Kier molecular flexibility index (Phi) is 3.13. The first-order chi connectivity index (χ1) is 7.13. The number of esters is 1. The molecular weight excluding hydrogens is 201 g/mol. The van der Waals surface area contributed by atoms with Crippen LogP contribution in [-0.4, -0.2) is 19.4 Å². The molecule has 0 unspecified atom stereocenters. The molecule has 0 radical (unpaired) electrons. The summed E-state index contributed by atoms with van der Waals surface area (Å²) in [5, 5.41) is 8.73. The Morgan fingerprint density at radius 3 is 2.73 bits per heavy atom. The van der Waals surface area contributed by atoms with E-state index in [1.54, 1.807) is 6.07 Å². The molecule has 0 atom stereocenters. The normalized spacial score (nSPS) is 9.13. The predicted octanol–water partition coefficient (Wildman–Crippen LogP) is 1.30. The van der Waals surface area contributed by atoms with E-state index in [4.69, 9.17) is 5.26 Å². The number of ether oxygens (including phenoxy) is 1. The van der Waals surface area contributed by atoms with Gasteiger partial charge >= 0.3 is 5.97 Å². The number of nitriles is 1. The van der Waals surface area contributed by atoms with Crippen LogP contribution in [0.25, 0.3) is 0 Å². The lowest BCUT2D eigenvalue weighted by Gasteiger charge is -2.03. The molecule has 0 fully saturated rings. The van der Waals surface area contributed by atoms with Crippen molar-refractivity contribution in [2.45, 2.75) is 0 Å². The third-order valence-electron chi connectivity index (χ3n) is 1.78. The van der Waals surface area contributed by atoms with Crippen LogP contribution >= 0.6 is 0 Å². The van der Waals surface area contributed by atoms with Gasteiger partial charge in [0.1, 0.15) is 11.9 Å². The van der Waals surface area contributed by atoms with E-state index >= 15 is 0 Å². The maximum atomic E-state index is 13.0. The molecule has 0 aromatic heterocycles. The average molecular weight is 207 g/mol. The summed E-state index contributed by atoms with van der Waals surface area (Å²) in [7, 11) is 1.11. The topological polar surface area (TPSA) is 67.2 Å². The van der Waals surface area contributed by atoms with E-state index in [0.29, 0.717) is 6.29 Å². The van der Waals surface area contributed by atoms with Crippen molar-refractivity contribution < 1.29 is 18.7 Å². The fourth-order valence-electron chi connectivity index (χ4n) is 1.12. The molecular formula is C10H6FNO3. The third-order valence-corrected chi connectivity index (χ3v) is 1.78. The average Bonchev–Trinajstić information content (AvgIpc) is 2.26. The lowest BCUT2D eigenvalue weighted by Crippen LogP contribution is -2.07. The number of nitrogens with zero attached hydrogens (tertiary/aromatic N) is 1. The van der Waals surface area contributed by atoms with Crippen LogP contribution in [0.4, 0.5) is 4.39 Å². The molecule has 0 aliphatic rings. The summed E-state index contributed by atoms with van der Waals surface area (Å²) in [5.74, 6) is -1.62. The Hall–Kier alpha value is -2.22. The van der Waals surface area contributed by atoms with Gasteiger partial charge in [0, 0.05) is 5.56 Å². The van der Waals surface area contributed by atoms with Gasteiger partial charge < -0.3 is 4.74 Å². The summed E-state index contributed by atoms with van der Waals surface area (Å²) in [6.07, 6.45) is 0.314. The van der Waals surface area contributed by atoms with Gasteiger partial charge in [0.15, 0.2) is 6.29 Å². The standard InChI is InChI=1S/C10H6FNO3/c1-15-10(14)8-3-7(11)2-6(5-13)9(8)4-12/h2-3,5H,1H3. The Morgan fingerprint density at radius 2 is 2.27 bits per heavy atom. The van der Waals surface area contributed by atoms with Crippen molar-refractivity contribution in [2.24, 2.45) is 0 Å². The highest BCUT2D eigenvalue weighted by Gasteiger charge is 2.17. The number of carbonyl (C=O) groups is 2. The first kappa shape index (κ1) is 10.9. The molecule has 1 aromatic carbocycles. The quantitative estimate of drug-likeness (QED) is 0.541. The fourth-order valence-corrected chi connectivity index (χ4v) is 1.12. The number of aldehydes is 1. The lowest BCUT2D eigenvalue weighted by atomic mass is 10.0. The van der Waals surface area contributed by atoms with Crippen molar-refractivity contribution in [2.75, 3.05) is 7.11 Å². The minimum atomic E-state index is -0.853. The van der Waals surface area contributed by atoms with E-state index in [1.165, 1.54) is 0 Å². The van der Waals surface area contributed by atoms with Gasteiger partial charge in [-0.05, 0) is 12.1 Å². The predicted molar refractivity (Wildman–Crippen MR) is 47.8 cm³/mol. The van der Waals surface area contributed by atoms with Gasteiger partial charge in [-0.3, -0.25) is 4.79 Å². The van der Waals surface area contributed by atoms with Gasteiger partial charge in [0.25, 0.3) is 0 Å². The van der Waals surface area contributed by atoms with E-state index in [9.17, 15) is 14.0 Å². The minimum Gasteiger partial charge on any atom is -0.465 e. The maximum absolute atomic E-state index is 13.0. The molecule has 1 rings (SSSR count). The Balaban J connectivity index is 3.50. The highest BCUT2D eigenvalue weighted by atomic mass is 19.1. The van der Waals surface area contributed by atoms with Crippen LogP contribution < -0.4 is 0 Å². The maximum Gasteiger partial charge on any atom is 0.339 e. The van der Waals surface area contributed by atoms with Crippen molar-refractivity contribution in [3.8, 4) is 6.07 Å². The fraction of sp³-hybridized carbons (Fsp3) is 0.100. The van der Waals surface area contributed by atoms with E-state index in [1.807, 2.05) is 0 Å². The third kappa shape index (κ3) is 1.99. The molecule has 76 valence electrons. The molecule has 0 bridgehead atoms. The van der Waals surface area contributed by atoms with Crippen LogP contribution in [0.3, 0.4) is 0 Å². The Labute approximate surface area is 84.9 Å². The SMILES string of the molecule is COC(=O)c1cc(F)cc(C=O)c1C#N. The van der Waals surface area contributed by atoms with E-state index < -0.39 is 11.8 Å². The summed E-state index contributed by atoms with van der Waals surface area (Å²) in [5.41, 5.74) is -0.599. The van der Waals surface area contributed by atoms with Crippen molar-refractivity contribution in [1.29, 1.82) is 5.26 Å². The van der Waals surface area contributed by atoms with Gasteiger partial charge in [0.05, 0.1) is 18.2 Å². The molecule has 0 saturated heterocycles. The van der Waals surface area contributed by atoms with Gasteiger partial charge in [-0.2, -0.15) is 5.26 Å². The summed E-state index contributed by atoms with van der Waals surface area (Å²) in [6.45, 7) is 0. The Morgan fingerprint density at radius 1 is 1.60 bits per heavy atom. The molecule has 0 aliphatic carbocycles. The molecule has 0 heterocycles. The van der Waals surface area contributed by atoms with Crippen LogP contribution in [-0.2, 0) is 4.74 Å². The largest absolute Gasteiger partial charge is 0.465 e. The molecule has 0 saturated carbocycles. The number of hydrogen-bond acceptors (Lipinski definition) is 4. The van der Waals surface area contributed by atoms with Gasteiger partial charge in [0.2, 0.25) is 0 Å². The monoisotopic (exact) mass is 207 g/mol. The van der Waals surface area contributed by atoms with Gasteiger partial charge in [-0.1, -0.05) is 0 Å². The minimum absolute atomic E-state index is 0.169. The first-order valence-corrected chi connectivity index (χ1v) is 3.91. The van der Waals surface area contributed by atoms with Crippen LogP contribution in [0.15, 0.2) is 12.1 Å². The molecule has 0 N–H and O–H groups in total. The molecule has 0 aliphatic heterocycles. The van der Waals surface area contributed by atoms with Crippen molar-refractivity contribution in [1.82, 2.24) is 0 Å². The second-order valence-electron chi connectivity index (χ2n) is 2.64. The molecule has 4 nitrogen and oxygen atoms in total. The highest BCUT2D eigenvalue weighted by Crippen LogP contribution is 2.16. The Bertz CT molecular complexity index is 462. The smallest absolute Gasteiger partial charge is 0.339 e. The van der Waals surface area contributed by atoms with Crippen LogP contribution in [0.1, 0.15) is 26.3 Å². The number of benzene rings is 1. The highest BCUT2D eigenvalue weighted by molar-refractivity contribution is 5.95. The number of hydrogen-bond donors (Lipinski definition) is 0. The molecule has 0 amide bonds. The number of methoxy groups -OCH3 is 1. The summed E-state index contributed by atoms with van der Waals surface area (Å²) in [6, 6.07) is 3.40. The number of halogens is 1. The van der Waals surface area contributed by atoms with Crippen molar-refractivity contribution in [3.63, 3.8) is 0 Å². The molecule has 1 aromatic rings.